The van der Waals surface area contributed by atoms with Gasteiger partial charge >= 0.3 is 6.03 Å². The second-order valence-corrected chi connectivity index (χ2v) is 13.4. The van der Waals surface area contributed by atoms with Gasteiger partial charge in [0, 0.05) is 36.8 Å². The first-order valence-electron chi connectivity index (χ1n) is 18.0. The van der Waals surface area contributed by atoms with Gasteiger partial charge < -0.3 is 35.1 Å². The minimum absolute atomic E-state index is 0.00456. The molecule has 2 aliphatic rings. The van der Waals surface area contributed by atoms with Crippen LogP contribution in [0.2, 0.25) is 0 Å². The van der Waals surface area contributed by atoms with Gasteiger partial charge in [-0.25, -0.2) is 4.79 Å². The van der Waals surface area contributed by atoms with E-state index in [4.69, 9.17) is 14.2 Å². The molecule has 0 unspecified atom stereocenters. The number of carbonyl (C=O) groups excluding carboxylic acids is 1. The van der Waals surface area contributed by atoms with Crippen molar-refractivity contribution in [1.82, 2.24) is 10.2 Å². The molecular weight excluding hydrogens is 654 g/mol. The number of urea groups is 1. The van der Waals surface area contributed by atoms with Gasteiger partial charge in [0.1, 0.15) is 11.5 Å². The number of ether oxygens (including phenoxy) is 3. The third-order valence-corrected chi connectivity index (χ3v) is 9.73. The Balaban J connectivity index is 1.00. The minimum atomic E-state index is -0.580. The summed E-state index contributed by atoms with van der Waals surface area (Å²) in [5.74, 6) is 1.44. The molecule has 5 aromatic carbocycles. The maximum absolute atomic E-state index is 12.8. The van der Waals surface area contributed by atoms with Crippen LogP contribution in [0.3, 0.4) is 0 Å². The predicted octanol–water partition coefficient (Wildman–Crippen LogP) is 7.96. The van der Waals surface area contributed by atoms with E-state index in [9.17, 15) is 15.0 Å². The lowest BCUT2D eigenvalue weighted by atomic mass is 9.98. The number of hydrogen-bond donors (Lipinski definition) is 4. The number of para-hydroxylation sites is 1. The average molecular weight is 700 g/mol. The second-order valence-electron chi connectivity index (χ2n) is 13.4. The number of likely N-dealkylation sites (tertiary alicyclic amines) is 1. The van der Waals surface area contributed by atoms with Crippen LogP contribution in [0.5, 0.6) is 11.5 Å². The summed E-state index contributed by atoms with van der Waals surface area (Å²) in [4.78, 5) is 15.1. The summed E-state index contributed by atoms with van der Waals surface area (Å²) in [6.45, 7) is 2.18. The number of nitrogens with zero attached hydrogens (tertiary/aromatic N) is 1. The first kappa shape index (κ1) is 35.4. The first-order valence-corrected chi connectivity index (χ1v) is 18.0. The van der Waals surface area contributed by atoms with Gasteiger partial charge in [0.05, 0.1) is 25.4 Å². The van der Waals surface area contributed by atoms with Gasteiger partial charge in [0.25, 0.3) is 0 Å². The fourth-order valence-electron chi connectivity index (χ4n) is 6.95. The van der Waals surface area contributed by atoms with Gasteiger partial charge in [0.2, 0.25) is 0 Å². The van der Waals surface area contributed by atoms with Crippen LogP contribution in [0, 0.1) is 0 Å². The number of nitrogens with one attached hydrogen (secondary N) is 2. The van der Waals surface area contributed by atoms with Crippen molar-refractivity contribution >= 4 is 11.7 Å². The summed E-state index contributed by atoms with van der Waals surface area (Å²) in [7, 11) is 0. The number of carbonyl (C=O) groups is 1. The van der Waals surface area contributed by atoms with E-state index in [1.54, 1.807) is 12.1 Å². The third kappa shape index (κ3) is 9.06. The van der Waals surface area contributed by atoms with E-state index < -0.39 is 6.29 Å². The summed E-state index contributed by atoms with van der Waals surface area (Å²) in [5.41, 5.74) is 6.48. The molecule has 0 aromatic heterocycles. The third-order valence-electron chi connectivity index (χ3n) is 9.73. The van der Waals surface area contributed by atoms with Gasteiger partial charge in [-0.2, -0.15) is 0 Å². The second kappa shape index (κ2) is 17.0. The van der Waals surface area contributed by atoms with Crippen molar-refractivity contribution in [3.8, 4) is 22.6 Å². The molecule has 268 valence electrons. The Labute approximate surface area is 304 Å². The molecule has 2 saturated heterocycles. The zero-order chi connectivity index (χ0) is 35.7. The van der Waals surface area contributed by atoms with Crippen LogP contribution in [-0.4, -0.2) is 53.0 Å². The van der Waals surface area contributed by atoms with Gasteiger partial charge in [0.15, 0.2) is 6.29 Å². The average Bonchev–Trinajstić information content (AvgIpc) is 3.65. The highest BCUT2D eigenvalue weighted by Crippen LogP contribution is 2.39. The maximum Gasteiger partial charge on any atom is 0.319 e. The van der Waals surface area contributed by atoms with E-state index in [0.717, 1.165) is 65.1 Å². The number of hydrogen-bond acceptors (Lipinski definition) is 7. The molecular formula is C43H45N3O6. The van der Waals surface area contributed by atoms with Crippen molar-refractivity contribution < 1.29 is 29.2 Å². The molecule has 0 radical (unpaired) electrons. The molecule has 52 heavy (non-hydrogen) atoms. The molecule has 0 spiro atoms. The van der Waals surface area contributed by atoms with Crippen LogP contribution in [0.15, 0.2) is 127 Å². The molecule has 5 aromatic rings. The number of amides is 2. The predicted molar refractivity (Wildman–Crippen MR) is 201 cm³/mol. The zero-order valence-electron chi connectivity index (χ0n) is 29.1. The number of benzene rings is 5. The summed E-state index contributed by atoms with van der Waals surface area (Å²) in [6.07, 6.45) is 1.92. The molecule has 2 fully saturated rings. The van der Waals surface area contributed by atoms with Gasteiger partial charge in [-0.3, -0.25) is 4.90 Å². The number of aliphatic hydroxyl groups excluding tert-OH is 2. The number of anilines is 1. The van der Waals surface area contributed by atoms with Crippen LogP contribution < -0.4 is 15.4 Å². The van der Waals surface area contributed by atoms with Crippen LogP contribution in [0.1, 0.15) is 53.9 Å². The Morgan fingerprint density at radius 1 is 0.769 bits per heavy atom. The molecule has 2 aliphatic heterocycles. The van der Waals surface area contributed by atoms with E-state index in [0.29, 0.717) is 24.4 Å². The smallest absolute Gasteiger partial charge is 0.319 e. The van der Waals surface area contributed by atoms with Crippen molar-refractivity contribution in [1.29, 1.82) is 0 Å². The lowest BCUT2D eigenvalue weighted by Crippen LogP contribution is -2.42. The SMILES string of the molecule is O=C(NCc1cccc(-c2cccc([C@H]3O[C@@H](CN4CCC[C@H]4CO)C[C@@H](c4ccc(CO)cc4)O3)c2)c1)Nc1ccc(Oc2ccccc2)cc1. The van der Waals surface area contributed by atoms with Crippen molar-refractivity contribution in [3.05, 3.63) is 150 Å². The Morgan fingerprint density at radius 3 is 2.29 bits per heavy atom. The molecule has 2 heterocycles. The summed E-state index contributed by atoms with van der Waals surface area (Å²) >= 11 is 0. The molecule has 2 amide bonds. The first-order chi connectivity index (χ1) is 25.5. The van der Waals surface area contributed by atoms with E-state index in [-0.39, 0.29) is 37.5 Å². The summed E-state index contributed by atoms with van der Waals surface area (Å²) < 4.78 is 19.1. The Morgan fingerprint density at radius 2 is 1.52 bits per heavy atom. The fraction of sp³-hybridized carbons (Fsp3) is 0.279. The highest BCUT2D eigenvalue weighted by Gasteiger charge is 2.35. The topological polar surface area (TPSA) is 113 Å². The van der Waals surface area contributed by atoms with E-state index in [1.807, 2.05) is 91.0 Å². The van der Waals surface area contributed by atoms with Crippen LogP contribution in [0.4, 0.5) is 10.5 Å². The summed E-state index contributed by atoms with van der Waals surface area (Å²) in [6, 6.07) is 40.9. The Hall–Kier alpha value is -5.03. The Bertz CT molecular complexity index is 1900. The zero-order valence-corrected chi connectivity index (χ0v) is 29.1. The van der Waals surface area contributed by atoms with Crippen molar-refractivity contribution in [3.63, 3.8) is 0 Å². The van der Waals surface area contributed by atoms with Gasteiger partial charge in [-0.1, -0.05) is 78.9 Å². The lowest BCUT2D eigenvalue weighted by molar-refractivity contribution is -0.253. The van der Waals surface area contributed by atoms with Crippen LogP contribution in [-0.2, 0) is 22.6 Å². The molecule has 9 heteroatoms. The van der Waals surface area contributed by atoms with E-state index in [1.165, 1.54) is 0 Å². The largest absolute Gasteiger partial charge is 0.457 e. The monoisotopic (exact) mass is 699 g/mol. The maximum atomic E-state index is 12.8. The fourth-order valence-corrected chi connectivity index (χ4v) is 6.95. The van der Waals surface area contributed by atoms with Crippen molar-refractivity contribution in [2.24, 2.45) is 0 Å². The standard InChI is InChI=1S/C43H45N3O6/c47-28-30-14-16-32(17-15-30)41-25-40(27-46-22-6-11-37(46)29-48)51-42(52-41)35-10-5-9-34(24-35)33-8-4-7-31(23-33)26-44-43(49)45-36-18-20-39(21-19-36)50-38-12-2-1-3-13-38/h1-5,7-10,12-21,23-24,37,40-42,47-48H,6,11,22,25-29H2,(H2,44,45,49)/t37-,40+,41-,42-/m0/s1. The Kier molecular flexibility index (Phi) is 11.6. The molecule has 0 bridgehead atoms. The highest BCUT2D eigenvalue weighted by molar-refractivity contribution is 5.89. The summed E-state index contributed by atoms with van der Waals surface area (Å²) in [5, 5.41) is 25.4. The molecule has 0 aliphatic carbocycles. The van der Waals surface area contributed by atoms with Gasteiger partial charge in [-0.05, 0) is 95.7 Å². The van der Waals surface area contributed by atoms with Crippen molar-refractivity contribution in [2.75, 3.05) is 25.0 Å². The molecule has 4 N–H and O–H groups in total. The number of rotatable bonds is 12. The van der Waals surface area contributed by atoms with Crippen LogP contribution >= 0.6 is 0 Å². The van der Waals surface area contributed by atoms with Gasteiger partial charge in [-0.15, -0.1) is 0 Å². The van der Waals surface area contributed by atoms with Crippen molar-refractivity contribution in [2.45, 2.75) is 57.0 Å². The van der Waals surface area contributed by atoms with E-state index >= 15 is 0 Å². The molecule has 0 saturated carbocycles. The minimum Gasteiger partial charge on any atom is -0.457 e. The lowest BCUT2D eigenvalue weighted by Gasteiger charge is -2.38. The molecule has 9 nitrogen and oxygen atoms in total. The highest BCUT2D eigenvalue weighted by atomic mass is 16.7. The molecule has 7 rings (SSSR count). The normalized spacial score (nSPS) is 20.3. The molecule has 4 atom stereocenters. The van der Waals surface area contributed by atoms with E-state index in [2.05, 4.69) is 39.8 Å². The number of aliphatic hydroxyl groups is 2. The van der Waals surface area contributed by atoms with Crippen LogP contribution in [0.25, 0.3) is 11.1 Å². The quantitative estimate of drug-likeness (QED) is 0.105.